The molecule has 0 radical (unpaired) electrons. The largest absolute Gasteiger partial charge is 0.347 e. The topological polar surface area (TPSA) is 28.7 Å². The lowest BCUT2D eigenvalue weighted by atomic mass is 10.2. The molecule has 2 rings (SSSR count). The van der Waals surface area contributed by atoms with Crippen LogP contribution in [0.15, 0.2) is 16.7 Å². The van der Waals surface area contributed by atoms with Crippen LogP contribution >= 0.6 is 15.9 Å². The van der Waals surface area contributed by atoms with Crippen molar-refractivity contribution in [1.82, 2.24) is 9.97 Å². The summed E-state index contributed by atoms with van der Waals surface area (Å²) < 4.78 is 1.04. The van der Waals surface area contributed by atoms with E-state index in [-0.39, 0.29) is 0 Å². The second-order valence-corrected chi connectivity index (χ2v) is 10.8. The fourth-order valence-corrected chi connectivity index (χ4v) is 4.01. The van der Waals surface area contributed by atoms with Gasteiger partial charge in [-0.05, 0) is 34.5 Å². The number of nitrogens with zero attached hydrogens (tertiary/aromatic N) is 1. The molecule has 0 bridgehead atoms. The summed E-state index contributed by atoms with van der Waals surface area (Å²) in [6.45, 7) is 9.22. The molecule has 2 aromatic rings. The number of rotatable bonds is 1. The first-order chi connectivity index (χ1) is 6.89. The number of H-pyrrole nitrogens is 1. The lowest BCUT2D eigenvalue weighted by Crippen LogP contribution is -2.40. The molecule has 0 fully saturated rings. The molecule has 0 saturated heterocycles. The molecule has 0 saturated carbocycles. The minimum Gasteiger partial charge on any atom is -0.347 e. The Bertz CT molecular complexity index is 511. The number of aryl methyl sites for hydroxylation is 1. The van der Waals surface area contributed by atoms with Gasteiger partial charge in [-0.15, -0.1) is 0 Å². The molecule has 2 aromatic heterocycles. The van der Waals surface area contributed by atoms with Crippen LogP contribution in [0.1, 0.15) is 5.56 Å². The number of fused-ring (bicyclic) bond motifs is 1. The second kappa shape index (κ2) is 3.45. The zero-order valence-electron chi connectivity index (χ0n) is 9.48. The number of hydrogen-bond donors (Lipinski definition) is 1. The number of pyridine rings is 1. The first-order valence-corrected chi connectivity index (χ1v) is 9.33. The third kappa shape index (κ3) is 1.88. The van der Waals surface area contributed by atoms with E-state index in [1.807, 2.05) is 6.20 Å². The first-order valence-electron chi connectivity index (χ1n) is 5.04. The summed E-state index contributed by atoms with van der Waals surface area (Å²) in [6, 6.07) is 2.14. The Morgan fingerprint density at radius 1 is 1.33 bits per heavy atom. The van der Waals surface area contributed by atoms with Gasteiger partial charge in [-0.1, -0.05) is 19.6 Å². The van der Waals surface area contributed by atoms with Crippen LogP contribution in [0.25, 0.3) is 11.0 Å². The van der Waals surface area contributed by atoms with Gasteiger partial charge in [0.15, 0.2) is 0 Å². The van der Waals surface area contributed by atoms with Crippen molar-refractivity contribution in [3.05, 3.63) is 22.3 Å². The molecule has 2 nitrogen and oxygen atoms in total. The van der Waals surface area contributed by atoms with Gasteiger partial charge in [0, 0.05) is 21.4 Å². The smallest absolute Gasteiger partial charge is 0.137 e. The molecule has 80 valence electrons. The summed E-state index contributed by atoms with van der Waals surface area (Å²) in [6.07, 6.45) is 1.84. The Balaban J connectivity index is 2.76. The van der Waals surface area contributed by atoms with Gasteiger partial charge in [0.05, 0.1) is 8.07 Å². The third-order valence-electron chi connectivity index (χ3n) is 2.63. The maximum atomic E-state index is 4.40. The number of aromatic amines is 1. The molecule has 0 aliphatic heterocycles. The Hall–Kier alpha value is -0.613. The summed E-state index contributed by atoms with van der Waals surface area (Å²) in [4.78, 5) is 7.86. The Labute approximate surface area is 99.3 Å². The second-order valence-electron chi connectivity index (χ2n) is 4.92. The summed E-state index contributed by atoms with van der Waals surface area (Å²) in [5.74, 6) is 0. The van der Waals surface area contributed by atoms with Crippen molar-refractivity contribution in [1.29, 1.82) is 0 Å². The van der Waals surface area contributed by atoms with Crippen LogP contribution in [0.4, 0.5) is 0 Å². The van der Waals surface area contributed by atoms with E-state index in [1.165, 1.54) is 16.3 Å². The molecule has 0 aromatic carbocycles. The normalized spacial score (nSPS) is 12.3. The van der Waals surface area contributed by atoms with E-state index >= 15 is 0 Å². The highest BCUT2D eigenvalue weighted by Crippen LogP contribution is 2.20. The van der Waals surface area contributed by atoms with Crippen molar-refractivity contribution >= 4 is 40.4 Å². The minimum absolute atomic E-state index is 1.01. The fraction of sp³-hybridized carbons (Fsp3) is 0.364. The molecular weight excluding hydrogens is 268 g/mol. The molecule has 0 aliphatic carbocycles. The Kier molecular flexibility index (Phi) is 2.51. The average molecular weight is 283 g/mol. The highest BCUT2D eigenvalue weighted by molar-refractivity contribution is 9.10. The summed E-state index contributed by atoms with van der Waals surface area (Å²) in [5.41, 5.74) is 2.37. The van der Waals surface area contributed by atoms with Crippen molar-refractivity contribution in [2.24, 2.45) is 0 Å². The predicted octanol–water partition coefficient (Wildman–Crippen LogP) is 3.18. The number of halogens is 1. The molecule has 0 amide bonds. The maximum absolute atomic E-state index is 4.40. The SMILES string of the molecule is Cc1c([Si](C)(C)C)[nH]c2ncc(Br)cc12. The predicted molar refractivity (Wildman–Crippen MR) is 71.5 cm³/mol. The average Bonchev–Trinajstić information content (AvgIpc) is 2.43. The van der Waals surface area contributed by atoms with Crippen LogP contribution in [0, 0.1) is 6.92 Å². The van der Waals surface area contributed by atoms with Gasteiger partial charge in [0.2, 0.25) is 0 Å². The van der Waals surface area contributed by atoms with E-state index in [1.54, 1.807) is 0 Å². The van der Waals surface area contributed by atoms with Crippen LogP contribution in [-0.2, 0) is 0 Å². The van der Waals surface area contributed by atoms with Crippen molar-refractivity contribution in [3.8, 4) is 0 Å². The monoisotopic (exact) mass is 282 g/mol. The summed E-state index contributed by atoms with van der Waals surface area (Å²) >= 11 is 3.46. The van der Waals surface area contributed by atoms with Gasteiger partial charge in [-0.2, -0.15) is 0 Å². The molecule has 0 aliphatic rings. The molecular formula is C11H15BrN2Si. The van der Waals surface area contributed by atoms with Gasteiger partial charge in [0.25, 0.3) is 0 Å². The van der Waals surface area contributed by atoms with Crippen LogP contribution in [0.3, 0.4) is 0 Å². The van der Waals surface area contributed by atoms with E-state index in [9.17, 15) is 0 Å². The van der Waals surface area contributed by atoms with Crippen molar-refractivity contribution < 1.29 is 0 Å². The maximum Gasteiger partial charge on any atom is 0.137 e. The van der Waals surface area contributed by atoms with E-state index in [4.69, 9.17) is 0 Å². The molecule has 15 heavy (non-hydrogen) atoms. The van der Waals surface area contributed by atoms with Crippen LogP contribution in [-0.4, -0.2) is 18.0 Å². The van der Waals surface area contributed by atoms with Gasteiger partial charge < -0.3 is 4.98 Å². The Morgan fingerprint density at radius 2 is 2.00 bits per heavy atom. The Morgan fingerprint density at radius 3 is 2.60 bits per heavy atom. The van der Waals surface area contributed by atoms with Gasteiger partial charge in [-0.25, -0.2) is 4.98 Å². The van der Waals surface area contributed by atoms with Gasteiger partial charge >= 0.3 is 0 Å². The van der Waals surface area contributed by atoms with Gasteiger partial charge in [0.1, 0.15) is 5.65 Å². The fourth-order valence-electron chi connectivity index (χ4n) is 1.92. The molecule has 0 unspecified atom stereocenters. The van der Waals surface area contributed by atoms with E-state index < -0.39 is 8.07 Å². The van der Waals surface area contributed by atoms with Crippen molar-refractivity contribution in [2.75, 3.05) is 0 Å². The van der Waals surface area contributed by atoms with E-state index in [2.05, 4.69) is 58.5 Å². The molecule has 1 N–H and O–H groups in total. The molecule has 2 heterocycles. The highest BCUT2D eigenvalue weighted by atomic mass is 79.9. The number of nitrogens with one attached hydrogen (secondary N) is 1. The van der Waals surface area contributed by atoms with Crippen LogP contribution in [0.2, 0.25) is 19.6 Å². The molecule has 0 atom stereocenters. The number of aromatic nitrogens is 2. The zero-order chi connectivity index (χ0) is 11.2. The van der Waals surface area contributed by atoms with Gasteiger partial charge in [-0.3, -0.25) is 0 Å². The zero-order valence-corrected chi connectivity index (χ0v) is 12.1. The molecule has 4 heteroatoms. The summed E-state index contributed by atoms with van der Waals surface area (Å²) in [7, 11) is -1.29. The number of hydrogen-bond acceptors (Lipinski definition) is 1. The lowest BCUT2D eigenvalue weighted by molar-refractivity contribution is 1.32. The minimum atomic E-state index is -1.29. The first kappa shape index (κ1) is 10.9. The molecule has 0 spiro atoms. The summed E-state index contributed by atoms with van der Waals surface area (Å²) in [5, 5.41) is 2.64. The standard InChI is InChI=1S/C11H15BrN2Si/c1-7-9-5-8(12)6-13-10(9)14-11(7)15(2,3)4/h5-6H,1-4H3,(H,13,14). The third-order valence-corrected chi connectivity index (χ3v) is 5.06. The van der Waals surface area contributed by atoms with Crippen LogP contribution < -0.4 is 5.32 Å². The lowest BCUT2D eigenvalue weighted by Gasteiger charge is -2.15. The highest BCUT2D eigenvalue weighted by Gasteiger charge is 2.22. The van der Waals surface area contributed by atoms with Crippen LogP contribution in [0.5, 0.6) is 0 Å². The van der Waals surface area contributed by atoms with E-state index in [0.29, 0.717) is 0 Å². The van der Waals surface area contributed by atoms with E-state index in [0.717, 1.165) is 10.1 Å². The van der Waals surface area contributed by atoms with Crippen molar-refractivity contribution in [3.63, 3.8) is 0 Å². The van der Waals surface area contributed by atoms with Crippen molar-refractivity contribution in [2.45, 2.75) is 26.6 Å². The quantitative estimate of drug-likeness (QED) is 0.800.